The average molecular weight is 225 g/mol. The van der Waals surface area contributed by atoms with E-state index in [1.54, 1.807) is 20.4 Å². The van der Waals surface area contributed by atoms with Crippen molar-refractivity contribution >= 4 is 5.82 Å². The molecule has 0 spiro atoms. The Labute approximate surface area is 93.2 Å². The number of rotatable bonds is 3. The van der Waals surface area contributed by atoms with Crippen LogP contribution in [0.3, 0.4) is 0 Å². The number of hydrogen-bond acceptors (Lipinski definition) is 5. The van der Waals surface area contributed by atoms with Gasteiger partial charge in [0, 0.05) is 39.7 Å². The van der Waals surface area contributed by atoms with Crippen molar-refractivity contribution in [1.29, 1.82) is 0 Å². The average Bonchev–Trinajstić information content (AvgIpc) is 2.72. The number of aromatic nitrogens is 2. The third kappa shape index (κ3) is 1.94. The van der Waals surface area contributed by atoms with Gasteiger partial charge >= 0.3 is 0 Å². The molecule has 1 N–H and O–H groups in total. The van der Waals surface area contributed by atoms with E-state index in [-0.39, 0.29) is 17.8 Å². The molecule has 0 aliphatic carbocycles. The molecule has 1 fully saturated rings. The molecule has 1 aliphatic heterocycles. The number of nitrogens with one attached hydrogen (secondary N) is 1. The van der Waals surface area contributed by atoms with E-state index < -0.39 is 0 Å². The summed E-state index contributed by atoms with van der Waals surface area (Å²) in [4.78, 5) is 20.1. The van der Waals surface area contributed by atoms with Gasteiger partial charge in [0.15, 0.2) is 5.82 Å². The van der Waals surface area contributed by atoms with E-state index in [1.807, 2.05) is 4.90 Å². The topological polar surface area (TPSA) is 67.5 Å². The molecule has 88 valence electrons. The number of anilines is 1. The molecule has 0 bridgehead atoms. The molecule has 0 aromatic carbocycles. The van der Waals surface area contributed by atoms with Gasteiger partial charge in [0.2, 0.25) is 0 Å². The lowest BCUT2D eigenvalue weighted by Crippen LogP contribution is -2.29. The van der Waals surface area contributed by atoms with Crippen molar-refractivity contribution in [2.24, 2.45) is 0 Å². The number of H-pyrrole nitrogens is 1. The minimum Gasteiger partial charge on any atom is -0.377 e. The minimum atomic E-state index is -0.186. The van der Waals surface area contributed by atoms with Crippen molar-refractivity contribution in [1.82, 2.24) is 9.97 Å². The van der Waals surface area contributed by atoms with Crippen LogP contribution in [0.2, 0.25) is 0 Å². The van der Waals surface area contributed by atoms with Crippen LogP contribution in [0.15, 0.2) is 17.2 Å². The summed E-state index contributed by atoms with van der Waals surface area (Å²) < 4.78 is 10.6. The molecule has 1 aromatic heterocycles. The van der Waals surface area contributed by atoms with Gasteiger partial charge in [0.05, 0.1) is 0 Å². The summed E-state index contributed by atoms with van der Waals surface area (Å²) in [7, 11) is 3.28. The van der Waals surface area contributed by atoms with Gasteiger partial charge in [-0.15, -0.1) is 0 Å². The molecule has 0 radical (unpaired) electrons. The number of hydrogen-bond donors (Lipinski definition) is 1. The molecule has 6 nitrogen and oxygen atoms in total. The van der Waals surface area contributed by atoms with Gasteiger partial charge < -0.3 is 19.4 Å². The van der Waals surface area contributed by atoms with Crippen molar-refractivity contribution in [3.63, 3.8) is 0 Å². The molecule has 6 heteroatoms. The van der Waals surface area contributed by atoms with Gasteiger partial charge in [-0.3, -0.25) is 4.79 Å². The second-order valence-corrected chi connectivity index (χ2v) is 3.70. The van der Waals surface area contributed by atoms with Crippen molar-refractivity contribution in [2.45, 2.75) is 12.2 Å². The SMILES string of the molecule is COC1CN(c2ncc[nH]c2=O)CC1OC. The highest BCUT2D eigenvalue weighted by atomic mass is 16.5. The van der Waals surface area contributed by atoms with Crippen LogP contribution in [0.1, 0.15) is 0 Å². The van der Waals surface area contributed by atoms with Crippen LogP contribution in [0.25, 0.3) is 0 Å². The van der Waals surface area contributed by atoms with Crippen LogP contribution < -0.4 is 10.5 Å². The standard InChI is InChI=1S/C10H15N3O3/c1-15-7-5-13(6-8(7)16-2)9-10(14)12-4-3-11-9/h3-4,7-8H,5-6H2,1-2H3,(H,12,14). The highest BCUT2D eigenvalue weighted by Crippen LogP contribution is 2.18. The molecule has 2 rings (SSSR count). The Morgan fingerprint density at radius 2 is 2.00 bits per heavy atom. The van der Waals surface area contributed by atoms with Crippen LogP contribution in [-0.2, 0) is 9.47 Å². The van der Waals surface area contributed by atoms with E-state index in [2.05, 4.69) is 9.97 Å². The summed E-state index contributed by atoms with van der Waals surface area (Å²) in [5.41, 5.74) is -0.186. The molecule has 0 saturated carbocycles. The molecule has 1 aliphatic rings. The molecular weight excluding hydrogens is 210 g/mol. The Morgan fingerprint density at radius 1 is 1.38 bits per heavy atom. The summed E-state index contributed by atoms with van der Waals surface area (Å²) in [5, 5.41) is 0. The van der Waals surface area contributed by atoms with Gasteiger partial charge in [-0.2, -0.15) is 0 Å². The molecular formula is C10H15N3O3. The number of ether oxygens (including phenoxy) is 2. The van der Waals surface area contributed by atoms with Crippen molar-refractivity contribution in [3.8, 4) is 0 Å². The highest BCUT2D eigenvalue weighted by molar-refractivity contribution is 5.37. The number of nitrogens with zero attached hydrogens (tertiary/aromatic N) is 2. The van der Waals surface area contributed by atoms with Crippen LogP contribution in [0, 0.1) is 0 Å². The van der Waals surface area contributed by atoms with E-state index in [1.165, 1.54) is 6.20 Å². The van der Waals surface area contributed by atoms with E-state index in [0.717, 1.165) is 0 Å². The smallest absolute Gasteiger partial charge is 0.290 e. The predicted molar refractivity (Wildman–Crippen MR) is 58.7 cm³/mol. The first-order chi connectivity index (χ1) is 7.76. The number of aromatic amines is 1. The largest absolute Gasteiger partial charge is 0.377 e. The van der Waals surface area contributed by atoms with Gasteiger partial charge in [0.1, 0.15) is 12.2 Å². The first kappa shape index (κ1) is 11.1. The summed E-state index contributed by atoms with van der Waals surface area (Å²) in [5.74, 6) is 0.420. The summed E-state index contributed by atoms with van der Waals surface area (Å²) in [6, 6.07) is 0. The van der Waals surface area contributed by atoms with E-state index in [4.69, 9.17) is 9.47 Å². The molecule has 1 aromatic rings. The minimum absolute atomic E-state index is 0.0218. The lowest BCUT2D eigenvalue weighted by Gasteiger charge is -2.14. The van der Waals surface area contributed by atoms with E-state index in [0.29, 0.717) is 18.9 Å². The Balaban J connectivity index is 2.19. The maximum Gasteiger partial charge on any atom is 0.290 e. The Bertz CT molecular complexity index is 394. The second-order valence-electron chi connectivity index (χ2n) is 3.70. The fraction of sp³-hybridized carbons (Fsp3) is 0.600. The van der Waals surface area contributed by atoms with Gasteiger partial charge in [-0.05, 0) is 0 Å². The molecule has 2 heterocycles. The Morgan fingerprint density at radius 3 is 2.50 bits per heavy atom. The Hall–Kier alpha value is -1.40. The zero-order chi connectivity index (χ0) is 11.5. The highest BCUT2D eigenvalue weighted by Gasteiger charge is 2.34. The fourth-order valence-electron chi connectivity index (χ4n) is 1.94. The summed E-state index contributed by atoms with van der Waals surface area (Å²) in [6.45, 7) is 1.24. The third-order valence-electron chi connectivity index (χ3n) is 2.81. The van der Waals surface area contributed by atoms with E-state index >= 15 is 0 Å². The first-order valence-electron chi connectivity index (χ1n) is 5.10. The quantitative estimate of drug-likeness (QED) is 0.759. The van der Waals surface area contributed by atoms with E-state index in [9.17, 15) is 4.79 Å². The van der Waals surface area contributed by atoms with Crippen LogP contribution in [-0.4, -0.2) is 49.5 Å². The van der Waals surface area contributed by atoms with Crippen LogP contribution >= 0.6 is 0 Å². The molecule has 2 atom stereocenters. The third-order valence-corrected chi connectivity index (χ3v) is 2.81. The fourth-order valence-corrected chi connectivity index (χ4v) is 1.94. The van der Waals surface area contributed by atoms with Crippen molar-refractivity contribution in [3.05, 3.63) is 22.7 Å². The predicted octanol–water partition coefficient (Wildman–Crippen LogP) is -0.380. The summed E-state index contributed by atoms with van der Waals surface area (Å²) >= 11 is 0. The monoisotopic (exact) mass is 225 g/mol. The van der Waals surface area contributed by atoms with Gasteiger partial charge in [-0.1, -0.05) is 0 Å². The van der Waals surface area contributed by atoms with Gasteiger partial charge in [-0.25, -0.2) is 4.98 Å². The lowest BCUT2D eigenvalue weighted by atomic mass is 10.3. The van der Waals surface area contributed by atoms with Gasteiger partial charge in [0.25, 0.3) is 5.56 Å². The first-order valence-corrected chi connectivity index (χ1v) is 5.10. The molecule has 2 unspecified atom stereocenters. The van der Waals surface area contributed by atoms with Crippen LogP contribution in [0.4, 0.5) is 5.82 Å². The van der Waals surface area contributed by atoms with Crippen molar-refractivity contribution < 1.29 is 9.47 Å². The molecule has 1 saturated heterocycles. The summed E-state index contributed by atoms with van der Waals surface area (Å²) in [6.07, 6.45) is 3.04. The zero-order valence-electron chi connectivity index (χ0n) is 9.34. The van der Waals surface area contributed by atoms with Crippen LogP contribution in [0.5, 0.6) is 0 Å². The molecule has 0 amide bonds. The maximum atomic E-state index is 11.6. The zero-order valence-corrected chi connectivity index (χ0v) is 9.34. The molecule has 16 heavy (non-hydrogen) atoms. The second kappa shape index (κ2) is 4.63. The Kier molecular flexibility index (Phi) is 3.21. The maximum absolute atomic E-state index is 11.6. The normalized spacial score (nSPS) is 25.0. The number of methoxy groups -OCH3 is 2. The van der Waals surface area contributed by atoms with Crippen molar-refractivity contribution in [2.75, 3.05) is 32.2 Å². The lowest BCUT2D eigenvalue weighted by molar-refractivity contribution is -0.00461.